The average Bonchev–Trinajstić information content (AvgIpc) is 3.33. The van der Waals surface area contributed by atoms with Crippen molar-refractivity contribution in [2.24, 2.45) is 29.6 Å². The van der Waals surface area contributed by atoms with Crippen molar-refractivity contribution in [3.05, 3.63) is 66.3 Å². The van der Waals surface area contributed by atoms with Crippen LogP contribution in [0.1, 0.15) is 106 Å². The Balaban J connectivity index is 1.49. The van der Waals surface area contributed by atoms with Crippen LogP contribution in [-0.2, 0) is 42.9 Å². The van der Waals surface area contributed by atoms with Crippen molar-refractivity contribution in [2.45, 2.75) is 166 Å². The third kappa shape index (κ3) is 13.3. The van der Waals surface area contributed by atoms with Crippen molar-refractivity contribution in [1.29, 1.82) is 0 Å². The van der Waals surface area contributed by atoms with Gasteiger partial charge in [-0.1, -0.05) is 64.1 Å². The first-order chi connectivity index (χ1) is 32.4. The third-order valence-electron chi connectivity index (χ3n) is 14.6. The van der Waals surface area contributed by atoms with E-state index in [0.717, 1.165) is 4.90 Å². The molecule has 0 spiro atoms. The smallest absolute Gasteiger partial charge is 0.329 e. The van der Waals surface area contributed by atoms with E-state index in [0.29, 0.717) is 55.4 Å². The molecule has 4 aliphatic rings. The second-order valence-electron chi connectivity index (χ2n) is 19.5. The van der Waals surface area contributed by atoms with Crippen LogP contribution in [0.2, 0.25) is 0 Å². The first kappa shape index (κ1) is 54.6. The summed E-state index contributed by atoms with van der Waals surface area (Å²) in [6.07, 6.45) is 1.31. The predicted octanol–water partition coefficient (Wildman–Crippen LogP) is 6.81. The van der Waals surface area contributed by atoms with E-state index < -0.39 is 96.0 Å². The Morgan fingerprint density at radius 1 is 1.00 bits per heavy atom. The van der Waals surface area contributed by atoms with E-state index in [9.17, 15) is 34.2 Å². The molecule has 1 aromatic carbocycles. The maximum Gasteiger partial charge on any atom is 0.329 e. The van der Waals surface area contributed by atoms with Gasteiger partial charge in [0.05, 0.1) is 37.1 Å². The summed E-state index contributed by atoms with van der Waals surface area (Å²) >= 11 is 0. The number of cyclic esters (lactones) is 1. The van der Waals surface area contributed by atoms with Gasteiger partial charge in [0, 0.05) is 50.6 Å². The molecule has 15 atom stereocenters. The van der Waals surface area contributed by atoms with Crippen LogP contribution in [-0.4, -0.2) is 133 Å². The summed E-state index contributed by atoms with van der Waals surface area (Å²) in [5, 5.41) is 29.9. The van der Waals surface area contributed by atoms with Gasteiger partial charge in [-0.25, -0.2) is 14.0 Å². The number of benzene rings is 1. The summed E-state index contributed by atoms with van der Waals surface area (Å²) < 4.78 is 46.7. The van der Waals surface area contributed by atoms with Crippen LogP contribution in [0.3, 0.4) is 0 Å². The molecule has 16 heteroatoms. The zero-order chi connectivity index (χ0) is 49.9. The van der Waals surface area contributed by atoms with Gasteiger partial charge in [-0.2, -0.15) is 0 Å². The van der Waals surface area contributed by atoms with E-state index >= 15 is 4.39 Å². The van der Waals surface area contributed by atoms with Crippen LogP contribution in [0.5, 0.6) is 0 Å². The highest BCUT2D eigenvalue weighted by molar-refractivity contribution is 6.39. The summed E-state index contributed by atoms with van der Waals surface area (Å²) in [4.78, 5) is 71.5. The molecule has 3 amide bonds. The minimum atomic E-state index is -2.63. The third-order valence-corrected chi connectivity index (χ3v) is 14.6. The molecule has 2 bridgehead atoms. The number of urea groups is 1. The van der Waals surface area contributed by atoms with Crippen LogP contribution in [0.25, 0.3) is 0 Å². The van der Waals surface area contributed by atoms with Gasteiger partial charge in [0.15, 0.2) is 0 Å². The van der Waals surface area contributed by atoms with Crippen molar-refractivity contribution in [1.82, 2.24) is 10.2 Å². The lowest BCUT2D eigenvalue weighted by molar-refractivity contribution is -0.302. The van der Waals surface area contributed by atoms with Gasteiger partial charge in [-0.3, -0.25) is 14.4 Å². The highest BCUT2D eigenvalue weighted by Gasteiger charge is 2.57. The maximum atomic E-state index is 16.4. The standard InChI is InChI=1S/C52H76FN3O12/c1-10-23-66-42-28-35(20-21-38(42)55-51(62)54-37-17-13-12-14-18-37)24-32(5)46-34(7)40(57)29-41(58)36(11-2)25-30(3)45(53)31(4)26-43(64-8)47-44(65-9)27-33(6)52(63,68-47)48(59)49(60)56-22-16-15-19-39(56)50(61)67-46/h10,12-14,17-18,24-25,31,33-36,38-40,42-47,57,63H,1,11,15-16,19-23,26-29H2,2-9H3,(H2,54,55,62). The molecule has 3 aliphatic heterocycles. The summed E-state index contributed by atoms with van der Waals surface area (Å²) in [6, 6.07) is 7.18. The van der Waals surface area contributed by atoms with Crippen molar-refractivity contribution >= 4 is 35.2 Å². The molecule has 15 unspecified atom stereocenters. The topological polar surface area (TPSA) is 199 Å². The van der Waals surface area contributed by atoms with E-state index in [4.69, 9.17) is 23.7 Å². The largest absolute Gasteiger partial charge is 0.456 e. The fourth-order valence-corrected chi connectivity index (χ4v) is 10.5. The number of para-hydroxylation sites is 1. The SMILES string of the molecule is C=CCOC1CC(C=C(C)C2OC(=O)C3CCCCN3C(=O)C(=O)C3(O)OC(C(OC)CC(C)C(F)C(C)=CC(CC)C(=O)CC(O)C2C)C(OC)CC3C)CCC1NC(=O)Nc1ccccc1. The molecule has 1 aliphatic carbocycles. The highest BCUT2D eigenvalue weighted by atomic mass is 19.1. The molecular formula is C52H76FN3O12. The number of alkyl halides is 1. The Morgan fingerprint density at radius 2 is 1.69 bits per heavy atom. The molecule has 3 heterocycles. The lowest BCUT2D eigenvalue weighted by Crippen LogP contribution is -2.64. The zero-order valence-corrected chi connectivity index (χ0v) is 41.2. The Kier molecular flexibility index (Phi) is 20.1. The number of hydrogen-bond acceptors (Lipinski definition) is 12. The number of esters is 1. The number of fused-ring (bicyclic) bond motifs is 3. The minimum Gasteiger partial charge on any atom is -0.456 e. The van der Waals surface area contributed by atoms with Gasteiger partial charge >= 0.3 is 12.0 Å². The lowest BCUT2D eigenvalue weighted by Gasteiger charge is -2.47. The number of methoxy groups -OCH3 is 2. The number of rotatable bonds is 10. The number of ketones is 2. The number of halogens is 1. The van der Waals surface area contributed by atoms with Gasteiger partial charge in [0.1, 0.15) is 30.2 Å². The number of aliphatic hydroxyl groups is 2. The van der Waals surface area contributed by atoms with Crippen LogP contribution < -0.4 is 10.6 Å². The number of aliphatic hydroxyl groups excluding tert-OH is 1. The Bertz CT molecular complexity index is 1960. The minimum absolute atomic E-state index is 0.0265. The molecule has 0 radical (unpaired) electrons. The van der Waals surface area contributed by atoms with Gasteiger partial charge in [-0.15, -0.1) is 6.58 Å². The number of piperidine rings is 1. The maximum absolute atomic E-state index is 16.4. The highest BCUT2D eigenvalue weighted by Crippen LogP contribution is 2.40. The quantitative estimate of drug-likeness (QED) is 0.109. The molecule has 1 aromatic rings. The molecule has 5 rings (SSSR count). The zero-order valence-electron chi connectivity index (χ0n) is 41.2. The fourth-order valence-electron chi connectivity index (χ4n) is 10.5. The number of anilines is 1. The summed E-state index contributed by atoms with van der Waals surface area (Å²) in [5.74, 6) is -9.41. The second-order valence-corrected chi connectivity index (χ2v) is 19.5. The van der Waals surface area contributed by atoms with E-state index in [1.807, 2.05) is 31.2 Å². The average molecular weight is 954 g/mol. The number of ether oxygens (including phenoxy) is 5. The molecule has 378 valence electrons. The first-order valence-electron chi connectivity index (χ1n) is 24.4. The Morgan fingerprint density at radius 3 is 2.35 bits per heavy atom. The number of carbonyl (C=O) groups excluding carboxylic acids is 5. The monoisotopic (exact) mass is 954 g/mol. The summed E-state index contributed by atoms with van der Waals surface area (Å²) in [6.45, 7) is 14.2. The number of amides is 3. The second kappa shape index (κ2) is 25.0. The van der Waals surface area contributed by atoms with Crippen molar-refractivity contribution < 1.29 is 62.3 Å². The molecule has 2 saturated heterocycles. The van der Waals surface area contributed by atoms with E-state index in [1.165, 1.54) is 14.2 Å². The summed E-state index contributed by atoms with van der Waals surface area (Å²) in [7, 11) is 2.87. The van der Waals surface area contributed by atoms with Crippen LogP contribution in [0.15, 0.2) is 66.3 Å². The lowest BCUT2D eigenvalue weighted by atomic mass is 9.80. The van der Waals surface area contributed by atoms with Crippen LogP contribution >= 0.6 is 0 Å². The molecule has 0 aromatic heterocycles. The van der Waals surface area contributed by atoms with Gasteiger partial charge in [0.25, 0.3) is 11.7 Å². The number of nitrogens with zero attached hydrogens (tertiary/aromatic N) is 1. The Hall–Kier alpha value is -4.32. The fraction of sp³-hybridized carbons (Fsp3) is 0.673. The van der Waals surface area contributed by atoms with Gasteiger partial charge in [-0.05, 0) is 107 Å². The Labute approximate surface area is 401 Å². The molecule has 15 nitrogen and oxygen atoms in total. The van der Waals surface area contributed by atoms with Crippen molar-refractivity contribution in [3.63, 3.8) is 0 Å². The predicted molar refractivity (Wildman–Crippen MR) is 254 cm³/mol. The normalized spacial score (nSPS) is 36.4. The first-order valence-corrected chi connectivity index (χ1v) is 24.4. The number of hydrogen-bond donors (Lipinski definition) is 4. The number of allylic oxidation sites excluding steroid dienone is 3. The number of nitrogens with one attached hydrogen (secondary N) is 2. The van der Waals surface area contributed by atoms with E-state index in [-0.39, 0.29) is 62.6 Å². The molecule has 3 fully saturated rings. The van der Waals surface area contributed by atoms with E-state index in [2.05, 4.69) is 17.2 Å². The van der Waals surface area contributed by atoms with Gasteiger partial charge < -0.3 is 49.4 Å². The number of carbonyl (C=O) groups is 5. The van der Waals surface area contributed by atoms with Crippen LogP contribution in [0.4, 0.5) is 14.9 Å². The van der Waals surface area contributed by atoms with Crippen LogP contribution in [0, 0.1) is 29.6 Å². The van der Waals surface area contributed by atoms with Gasteiger partial charge in [0.2, 0.25) is 5.79 Å². The molecule has 68 heavy (non-hydrogen) atoms. The molecular weight excluding hydrogens is 878 g/mol. The number of Topliss-reactive ketones (excluding diaryl/α,β-unsaturated/α-hetero) is 2. The molecule has 1 saturated carbocycles. The van der Waals surface area contributed by atoms with Crippen molar-refractivity contribution in [2.75, 3.05) is 32.7 Å². The molecule has 4 N–H and O–H groups in total. The summed E-state index contributed by atoms with van der Waals surface area (Å²) in [5.41, 5.74) is 1.55. The van der Waals surface area contributed by atoms with Crippen molar-refractivity contribution in [3.8, 4) is 0 Å². The van der Waals surface area contributed by atoms with E-state index in [1.54, 1.807) is 58.9 Å².